The number of hydrogen-bond acceptors (Lipinski definition) is 6. The van der Waals surface area contributed by atoms with Gasteiger partial charge in [-0.25, -0.2) is 4.98 Å². The van der Waals surface area contributed by atoms with Crippen LogP contribution in [0.1, 0.15) is 15.9 Å². The van der Waals surface area contributed by atoms with Crippen molar-refractivity contribution in [1.29, 1.82) is 0 Å². The predicted octanol–water partition coefficient (Wildman–Crippen LogP) is 2.76. The lowest BCUT2D eigenvalue weighted by Crippen LogP contribution is -2.47. The van der Waals surface area contributed by atoms with E-state index in [2.05, 4.69) is 30.3 Å². The molecule has 142 valence electrons. The number of anilines is 3. The number of pyridine rings is 1. The number of amides is 1. The maximum absolute atomic E-state index is 12.3. The van der Waals surface area contributed by atoms with Crippen LogP contribution in [0.2, 0.25) is 0 Å². The van der Waals surface area contributed by atoms with Crippen LogP contribution in [0.25, 0.3) is 0 Å². The average Bonchev–Trinajstić information content (AvgIpc) is 2.75. The quantitative estimate of drug-likeness (QED) is 0.757. The number of aromatic nitrogens is 3. The van der Waals surface area contributed by atoms with E-state index in [-0.39, 0.29) is 5.91 Å². The molecule has 7 nitrogen and oxygen atoms in total. The maximum atomic E-state index is 12.3. The van der Waals surface area contributed by atoms with Gasteiger partial charge in [-0.15, -0.1) is 10.2 Å². The summed E-state index contributed by atoms with van der Waals surface area (Å²) >= 11 is 0. The van der Waals surface area contributed by atoms with Gasteiger partial charge in [0, 0.05) is 37.9 Å². The van der Waals surface area contributed by atoms with Crippen molar-refractivity contribution in [2.45, 2.75) is 6.92 Å². The minimum absolute atomic E-state index is 0.189. The first-order chi connectivity index (χ1) is 13.7. The summed E-state index contributed by atoms with van der Waals surface area (Å²) in [4.78, 5) is 21.1. The van der Waals surface area contributed by atoms with Crippen molar-refractivity contribution < 1.29 is 4.79 Å². The van der Waals surface area contributed by atoms with Crippen molar-refractivity contribution in [3.05, 3.63) is 71.9 Å². The smallest absolute Gasteiger partial charge is 0.256 e. The summed E-state index contributed by atoms with van der Waals surface area (Å²) in [6.45, 7) is 5.44. The fraction of sp³-hybridized carbons (Fsp3) is 0.238. The molecular weight excluding hydrogens is 352 g/mol. The molecule has 1 aromatic carbocycles. The molecule has 4 rings (SSSR count). The Morgan fingerprint density at radius 3 is 2.18 bits per heavy atom. The molecule has 3 heterocycles. The molecule has 2 aromatic heterocycles. The average molecular weight is 374 g/mol. The highest BCUT2D eigenvalue weighted by Crippen LogP contribution is 2.18. The van der Waals surface area contributed by atoms with E-state index >= 15 is 0 Å². The Balaban J connectivity index is 1.35. The first-order valence-electron chi connectivity index (χ1n) is 9.32. The molecule has 0 spiro atoms. The van der Waals surface area contributed by atoms with Crippen LogP contribution in [0.4, 0.5) is 17.5 Å². The van der Waals surface area contributed by atoms with Crippen molar-refractivity contribution in [2.75, 3.05) is 41.3 Å². The second-order valence-corrected chi connectivity index (χ2v) is 6.76. The van der Waals surface area contributed by atoms with E-state index in [4.69, 9.17) is 0 Å². The molecule has 0 saturated carbocycles. The molecule has 3 aromatic rings. The van der Waals surface area contributed by atoms with Gasteiger partial charge in [-0.1, -0.05) is 23.8 Å². The Morgan fingerprint density at radius 2 is 1.57 bits per heavy atom. The number of piperazine rings is 1. The Kier molecular flexibility index (Phi) is 5.14. The third-order valence-electron chi connectivity index (χ3n) is 4.78. The number of hydrogen-bond donors (Lipinski definition) is 1. The van der Waals surface area contributed by atoms with Crippen molar-refractivity contribution in [1.82, 2.24) is 15.2 Å². The normalized spacial score (nSPS) is 14.0. The topological polar surface area (TPSA) is 74.2 Å². The van der Waals surface area contributed by atoms with Gasteiger partial charge < -0.3 is 15.1 Å². The van der Waals surface area contributed by atoms with Gasteiger partial charge in [0.05, 0.1) is 0 Å². The van der Waals surface area contributed by atoms with E-state index in [0.717, 1.165) is 43.4 Å². The van der Waals surface area contributed by atoms with Crippen LogP contribution in [0.5, 0.6) is 0 Å². The Morgan fingerprint density at radius 1 is 0.857 bits per heavy atom. The Labute approximate surface area is 164 Å². The minimum Gasteiger partial charge on any atom is -0.353 e. The maximum Gasteiger partial charge on any atom is 0.256 e. The van der Waals surface area contributed by atoms with E-state index in [0.29, 0.717) is 11.4 Å². The predicted molar refractivity (Wildman–Crippen MR) is 110 cm³/mol. The molecule has 0 radical (unpaired) electrons. The summed E-state index contributed by atoms with van der Waals surface area (Å²) in [5.74, 6) is 2.07. The number of rotatable bonds is 4. The second-order valence-electron chi connectivity index (χ2n) is 6.76. The molecule has 0 bridgehead atoms. The second kappa shape index (κ2) is 8.04. The van der Waals surface area contributed by atoms with Crippen LogP contribution in [0.3, 0.4) is 0 Å². The van der Waals surface area contributed by atoms with Crippen molar-refractivity contribution in [2.24, 2.45) is 0 Å². The molecule has 1 amide bonds. The highest BCUT2D eigenvalue weighted by atomic mass is 16.1. The lowest BCUT2D eigenvalue weighted by molar-refractivity contribution is 0.102. The number of nitrogens with zero attached hydrogens (tertiary/aromatic N) is 5. The van der Waals surface area contributed by atoms with Crippen LogP contribution in [0.15, 0.2) is 60.8 Å². The molecule has 0 atom stereocenters. The van der Waals surface area contributed by atoms with Crippen molar-refractivity contribution >= 4 is 23.4 Å². The summed E-state index contributed by atoms with van der Waals surface area (Å²) in [6, 6.07) is 17.1. The zero-order valence-electron chi connectivity index (χ0n) is 15.7. The van der Waals surface area contributed by atoms with Crippen LogP contribution >= 0.6 is 0 Å². The van der Waals surface area contributed by atoms with Gasteiger partial charge in [-0.3, -0.25) is 4.79 Å². The third kappa shape index (κ3) is 4.09. The standard InChI is InChI=1S/C21H22N6O/c1-16-5-7-17(8-6-16)21(28)23-18-9-10-20(25-24-18)27-14-12-26(13-15-27)19-4-2-3-11-22-19/h2-11H,12-15H2,1H3,(H,23,24,28). The van der Waals surface area contributed by atoms with Gasteiger partial charge in [0.1, 0.15) is 5.82 Å². The molecule has 1 N–H and O–H groups in total. The lowest BCUT2D eigenvalue weighted by atomic mass is 10.1. The van der Waals surface area contributed by atoms with Gasteiger partial charge in [0.15, 0.2) is 11.6 Å². The third-order valence-corrected chi connectivity index (χ3v) is 4.78. The fourth-order valence-corrected chi connectivity index (χ4v) is 3.16. The Bertz CT molecular complexity index is 919. The monoisotopic (exact) mass is 374 g/mol. The minimum atomic E-state index is -0.189. The van der Waals surface area contributed by atoms with Crippen LogP contribution in [-0.4, -0.2) is 47.3 Å². The lowest BCUT2D eigenvalue weighted by Gasteiger charge is -2.35. The highest BCUT2D eigenvalue weighted by molar-refractivity contribution is 6.03. The SMILES string of the molecule is Cc1ccc(C(=O)Nc2ccc(N3CCN(c4ccccn4)CC3)nn2)cc1. The van der Waals surface area contributed by atoms with Crippen LogP contribution < -0.4 is 15.1 Å². The van der Waals surface area contributed by atoms with E-state index < -0.39 is 0 Å². The molecule has 0 unspecified atom stereocenters. The van der Waals surface area contributed by atoms with Gasteiger partial charge in [0.25, 0.3) is 5.91 Å². The largest absolute Gasteiger partial charge is 0.353 e. The van der Waals surface area contributed by atoms with Crippen LogP contribution in [-0.2, 0) is 0 Å². The highest BCUT2D eigenvalue weighted by Gasteiger charge is 2.19. The summed E-state index contributed by atoms with van der Waals surface area (Å²) < 4.78 is 0. The molecule has 1 fully saturated rings. The molecular formula is C21H22N6O. The number of nitrogens with one attached hydrogen (secondary N) is 1. The summed E-state index contributed by atoms with van der Waals surface area (Å²) in [6.07, 6.45) is 1.82. The van der Waals surface area contributed by atoms with Crippen LogP contribution in [0, 0.1) is 6.92 Å². The molecule has 7 heteroatoms. The first-order valence-corrected chi connectivity index (χ1v) is 9.32. The van der Waals surface area contributed by atoms with Gasteiger partial charge in [0.2, 0.25) is 0 Å². The zero-order valence-corrected chi connectivity index (χ0v) is 15.7. The van der Waals surface area contributed by atoms with Gasteiger partial charge >= 0.3 is 0 Å². The fourth-order valence-electron chi connectivity index (χ4n) is 3.16. The molecule has 0 aliphatic carbocycles. The van der Waals surface area contributed by atoms with E-state index in [9.17, 15) is 4.79 Å². The number of carbonyl (C=O) groups excluding carboxylic acids is 1. The van der Waals surface area contributed by atoms with Gasteiger partial charge in [-0.2, -0.15) is 0 Å². The molecule has 1 saturated heterocycles. The summed E-state index contributed by atoms with van der Waals surface area (Å²) in [5, 5.41) is 11.2. The van der Waals surface area contributed by atoms with E-state index in [1.54, 1.807) is 18.2 Å². The van der Waals surface area contributed by atoms with Gasteiger partial charge in [-0.05, 0) is 43.3 Å². The van der Waals surface area contributed by atoms with E-state index in [1.165, 1.54) is 0 Å². The zero-order chi connectivity index (χ0) is 19.3. The first kappa shape index (κ1) is 17.9. The summed E-state index contributed by atoms with van der Waals surface area (Å²) in [5.41, 5.74) is 1.71. The van der Waals surface area contributed by atoms with Crippen molar-refractivity contribution in [3.63, 3.8) is 0 Å². The Hall–Kier alpha value is -3.48. The number of carbonyl (C=O) groups is 1. The molecule has 1 aliphatic rings. The molecule has 1 aliphatic heterocycles. The number of aryl methyl sites for hydroxylation is 1. The summed E-state index contributed by atoms with van der Waals surface area (Å²) in [7, 11) is 0. The number of benzene rings is 1. The van der Waals surface area contributed by atoms with E-state index in [1.807, 2.05) is 49.5 Å². The molecule has 28 heavy (non-hydrogen) atoms. The van der Waals surface area contributed by atoms with Crippen molar-refractivity contribution in [3.8, 4) is 0 Å².